The molecule has 0 bridgehead atoms. The Balaban J connectivity index is 2.17. The van der Waals surface area contributed by atoms with Gasteiger partial charge in [0, 0.05) is 13.1 Å². The molecule has 0 unspecified atom stereocenters. The fourth-order valence-electron chi connectivity index (χ4n) is 2.85. The maximum atomic E-state index is 12.8. The minimum atomic E-state index is -0.805. The number of benzene rings is 1. The van der Waals surface area contributed by atoms with E-state index in [1.165, 1.54) is 0 Å². The number of aryl methyl sites for hydroxylation is 1. The number of carboxylic acids is 1. The molecule has 1 aromatic rings. The van der Waals surface area contributed by atoms with Gasteiger partial charge in [-0.3, -0.25) is 9.59 Å². The van der Waals surface area contributed by atoms with Crippen molar-refractivity contribution < 1.29 is 14.7 Å². The SMILES string of the molecule is Cc1ccc(C(C)(C)C(=O)N2CCC[C@H](C(=O)O)C2)cc1. The molecular weight excluding hydrogens is 266 g/mol. The van der Waals surface area contributed by atoms with Crippen LogP contribution in [0.2, 0.25) is 0 Å². The molecule has 1 fully saturated rings. The van der Waals surface area contributed by atoms with Crippen molar-refractivity contribution in [2.24, 2.45) is 5.92 Å². The summed E-state index contributed by atoms with van der Waals surface area (Å²) in [6, 6.07) is 7.96. The van der Waals surface area contributed by atoms with Crippen molar-refractivity contribution in [2.45, 2.75) is 39.0 Å². The average molecular weight is 289 g/mol. The second-order valence-electron chi connectivity index (χ2n) is 6.42. The second kappa shape index (κ2) is 5.88. The van der Waals surface area contributed by atoms with Gasteiger partial charge >= 0.3 is 5.97 Å². The zero-order valence-electron chi connectivity index (χ0n) is 12.9. The summed E-state index contributed by atoms with van der Waals surface area (Å²) in [5.41, 5.74) is 1.50. The van der Waals surface area contributed by atoms with Crippen LogP contribution in [0.1, 0.15) is 37.8 Å². The van der Waals surface area contributed by atoms with E-state index in [4.69, 9.17) is 5.11 Å². The van der Waals surface area contributed by atoms with Gasteiger partial charge in [0.2, 0.25) is 5.91 Å². The van der Waals surface area contributed by atoms with Crippen LogP contribution in [0.25, 0.3) is 0 Å². The molecule has 2 rings (SSSR count). The molecule has 0 aliphatic carbocycles. The number of carbonyl (C=O) groups is 2. The predicted molar refractivity (Wildman–Crippen MR) is 81.1 cm³/mol. The van der Waals surface area contributed by atoms with E-state index in [2.05, 4.69) is 0 Å². The van der Waals surface area contributed by atoms with Gasteiger partial charge in [-0.1, -0.05) is 29.8 Å². The topological polar surface area (TPSA) is 57.6 Å². The molecule has 4 nitrogen and oxygen atoms in total. The van der Waals surface area contributed by atoms with Crippen LogP contribution >= 0.6 is 0 Å². The fourth-order valence-corrected chi connectivity index (χ4v) is 2.85. The van der Waals surface area contributed by atoms with Gasteiger partial charge in [-0.05, 0) is 39.2 Å². The highest BCUT2D eigenvalue weighted by Crippen LogP contribution is 2.28. The smallest absolute Gasteiger partial charge is 0.308 e. The van der Waals surface area contributed by atoms with E-state index in [1.54, 1.807) is 4.90 Å². The third kappa shape index (κ3) is 3.26. The largest absolute Gasteiger partial charge is 0.481 e. The monoisotopic (exact) mass is 289 g/mol. The lowest BCUT2D eigenvalue weighted by Gasteiger charge is -2.36. The van der Waals surface area contributed by atoms with Crippen molar-refractivity contribution in [2.75, 3.05) is 13.1 Å². The van der Waals surface area contributed by atoms with E-state index in [0.717, 1.165) is 17.5 Å². The van der Waals surface area contributed by atoms with Crippen molar-refractivity contribution >= 4 is 11.9 Å². The molecule has 0 saturated carbocycles. The Morgan fingerprint density at radius 1 is 1.24 bits per heavy atom. The summed E-state index contributed by atoms with van der Waals surface area (Å²) in [5, 5.41) is 9.15. The van der Waals surface area contributed by atoms with Gasteiger partial charge in [0.25, 0.3) is 0 Å². The predicted octanol–water partition coefficient (Wildman–Crippen LogP) is 2.60. The minimum absolute atomic E-state index is 0.0114. The van der Waals surface area contributed by atoms with Gasteiger partial charge < -0.3 is 10.0 Å². The third-order valence-corrected chi connectivity index (χ3v) is 4.37. The number of likely N-dealkylation sites (tertiary alicyclic amines) is 1. The van der Waals surface area contributed by atoms with Gasteiger partial charge in [-0.2, -0.15) is 0 Å². The fraction of sp³-hybridized carbons (Fsp3) is 0.529. The van der Waals surface area contributed by atoms with Crippen LogP contribution in [0.4, 0.5) is 0 Å². The van der Waals surface area contributed by atoms with Crippen LogP contribution < -0.4 is 0 Å². The van der Waals surface area contributed by atoms with E-state index in [-0.39, 0.29) is 5.91 Å². The number of hydrogen-bond donors (Lipinski definition) is 1. The zero-order chi connectivity index (χ0) is 15.6. The highest BCUT2D eigenvalue weighted by atomic mass is 16.4. The van der Waals surface area contributed by atoms with Crippen molar-refractivity contribution in [1.29, 1.82) is 0 Å². The normalized spacial score (nSPS) is 19.4. The molecule has 114 valence electrons. The van der Waals surface area contributed by atoms with Gasteiger partial charge in [0.15, 0.2) is 0 Å². The van der Waals surface area contributed by atoms with Crippen LogP contribution in [0.3, 0.4) is 0 Å². The number of nitrogens with zero attached hydrogens (tertiary/aromatic N) is 1. The number of carbonyl (C=O) groups excluding carboxylic acids is 1. The highest BCUT2D eigenvalue weighted by molar-refractivity contribution is 5.88. The van der Waals surface area contributed by atoms with Crippen LogP contribution in [-0.4, -0.2) is 35.0 Å². The lowest BCUT2D eigenvalue weighted by atomic mass is 9.82. The van der Waals surface area contributed by atoms with E-state index in [1.807, 2.05) is 45.0 Å². The molecular formula is C17H23NO3. The van der Waals surface area contributed by atoms with Crippen molar-refractivity contribution in [3.05, 3.63) is 35.4 Å². The van der Waals surface area contributed by atoms with E-state index < -0.39 is 17.3 Å². The number of hydrogen-bond acceptors (Lipinski definition) is 2. The molecule has 4 heteroatoms. The molecule has 1 atom stereocenters. The summed E-state index contributed by atoms with van der Waals surface area (Å²) in [6.45, 7) is 6.80. The Morgan fingerprint density at radius 2 is 1.86 bits per heavy atom. The van der Waals surface area contributed by atoms with Crippen LogP contribution in [0.5, 0.6) is 0 Å². The van der Waals surface area contributed by atoms with Crippen molar-refractivity contribution in [3.63, 3.8) is 0 Å². The summed E-state index contributed by atoms with van der Waals surface area (Å²) < 4.78 is 0. The Kier molecular flexibility index (Phi) is 4.35. The molecule has 1 saturated heterocycles. The quantitative estimate of drug-likeness (QED) is 0.930. The number of amides is 1. The Bertz CT molecular complexity index is 533. The first kappa shape index (κ1) is 15.5. The molecule has 0 aromatic heterocycles. The summed E-state index contributed by atoms with van der Waals surface area (Å²) >= 11 is 0. The molecule has 1 amide bonds. The average Bonchev–Trinajstić information content (AvgIpc) is 2.47. The molecule has 0 radical (unpaired) electrons. The molecule has 21 heavy (non-hydrogen) atoms. The summed E-state index contributed by atoms with van der Waals surface area (Å²) in [4.78, 5) is 25.7. The molecule has 1 heterocycles. The molecule has 1 aliphatic rings. The first-order valence-electron chi connectivity index (χ1n) is 7.41. The molecule has 0 spiro atoms. The summed E-state index contributed by atoms with van der Waals surface area (Å²) in [5.74, 6) is -1.23. The van der Waals surface area contributed by atoms with Crippen molar-refractivity contribution in [3.8, 4) is 0 Å². The molecule has 1 aromatic carbocycles. The summed E-state index contributed by atoms with van der Waals surface area (Å²) in [7, 11) is 0. The molecule has 1 aliphatic heterocycles. The Labute approximate surface area is 125 Å². The van der Waals surface area contributed by atoms with Crippen molar-refractivity contribution in [1.82, 2.24) is 4.90 Å². The van der Waals surface area contributed by atoms with Crippen LogP contribution in [0.15, 0.2) is 24.3 Å². The Hall–Kier alpha value is -1.84. The maximum absolute atomic E-state index is 12.8. The molecule has 1 N–H and O–H groups in total. The highest BCUT2D eigenvalue weighted by Gasteiger charge is 2.37. The number of piperidine rings is 1. The van der Waals surface area contributed by atoms with E-state index in [0.29, 0.717) is 19.5 Å². The van der Waals surface area contributed by atoms with Gasteiger partial charge in [0.1, 0.15) is 0 Å². The summed E-state index contributed by atoms with van der Waals surface area (Å²) in [6.07, 6.45) is 1.41. The lowest BCUT2D eigenvalue weighted by molar-refractivity contribution is -0.147. The lowest BCUT2D eigenvalue weighted by Crippen LogP contribution is -2.49. The number of aliphatic carboxylic acids is 1. The van der Waals surface area contributed by atoms with Gasteiger partial charge in [-0.25, -0.2) is 0 Å². The maximum Gasteiger partial charge on any atom is 0.308 e. The van der Waals surface area contributed by atoms with E-state index in [9.17, 15) is 9.59 Å². The minimum Gasteiger partial charge on any atom is -0.481 e. The Morgan fingerprint density at radius 3 is 2.43 bits per heavy atom. The van der Waals surface area contributed by atoms with E-state index >= 15 is 0 Å². The zero-order valence-corrected chi connectivity index (χ0v) is 12.9. The third-order valence-electron chi connectivity index (χ3n) is 4.37. The number of rotatable bonds is 3. The van der Waals surface area contributed by atoms with Gasteiger partial charge in [0.05, 0.1) is 11.3 Å². The second-order valence-corrected chi connectivity index (χ2v) is 6.42. The number of carboxylic acid groups (broad SMARTS) is 1. The van der Waals surface area contributed by atoms with Crippen LogP contribution in [-0.2, 0) is 15.0 Å². The standard InChI is InChI=1S/C17H23NO3/c1-12-6-8-14(9-7-12)17(2,3)16(21)18-10-4-5-13(11-18)15(19)20/h6-9,13H,4-5,10-11H2,1-3H3,(H,19,20)/t13-/m0/s1. The van der Waals surface area contributed by atoms with Gasteiger partial charge in [-0.15, -0.1) is 0 Å². The first-order chi connectivity index (χ1) is 9.82. The van der Waals surface area contributed by atoms with Crippen LogP contribution in [0, 0.1) is 12.8 Å². The first-order valence-corrected chi connectivity index (χ1v) is 7.41.